The lowest BCUT2D eigenvalue weighted by molar-refractivity contribution is -0.119. The van der Waals surface area contributed by atoms with Gasteiger partial charge in [-0.05, 0) is 24.3 Å². The van der Waals surface area contributed by atoms with Crippen molar-refractivity contribution in [1.82, 2.24) is 9.78 Å². The summed E-state index contributed by atoms with van der Waals surface area (Å²) < 4.78 is 14.3. The first-order chi connectivity index (χ1) is 14.7. The fourth-order valence-corrected chi connectivity index (χ4v) is 2.86. The first-order valence-electron chi connectivity index (χ1n) is 9.48. The number of aromatic nitrogens is 2. The van der Waals surface area contributed by atoms with Gasteiger partial charge in [0.05, 0.1) is 10.7 Å². The van der Waals surface area contributed by atoms with Crippen molar-refractivity contribution >= 4 is 34.8 Å². The standard InChI is InChI=1S/C22H20ClFN4O3/c1-13(2)21(30)26-19-11-18(14-6-4-3-5-7-14)27-28(22(19)31)12-20(29)25-15-8-9-17(24)16(23)10-15/h3-11,13H,12H2,1-2H3,(H,25,29)(H,26,30). The normalized spacial score (nSPS) is 10.7. The molecular weight excluding hydrogens is 423 g/mol. The monoisotopic (exact) mass is 442 g/mol. The Morgan fingerprint density at radius 2 is 1.81 bits per heavy atom. The lowest BCUT2D eigenvalue weighted by Gasteiger charge is -2.13. The average molecular weight is 443 g/mol. The molecule has 0 unspecified atom stereocenters. The molecule has 1 heterocycles. The molecule has 7 nitrogen and oxygen atoms in total. The van der Waals surface area contributed by atoms with Gasteiger partial charge in [-0.3, -0.25) is 14.4 Å². The smallest absolute Gasteiger partial charge is 0.291 e. The fourth-order valence-electron chi connectivity index (χ4n) is 2.68. The Labute approximate surface area is 182 Å². The maximum absolute atomic E-state index is 13.3. The molecule has 0 fully saturated rings. The van der Waals surface area contributed by atoms with E-state index in [1.165, 1.54) is 18.2 Å². The van der Waals surface area contributed by atoms with Crippen molar-refractivity contribution in [2.45, 2.75) is 20.4 Å². The van der Waals surface area contributed by atoms with E-state index >= 15 is 0 Å². The van der Waals surface area contributed by atoms with Crippen LogP contribution in [-0.4, -0.2) is 21.6 Å². The van der Waals surface area contributed by atoms with E-state index in [2.05, 4.69) is 15.7 Å². The van der Waals surface area contributed by atoms with Crippen LogP contribution in [0.2, 0.25) is 5.02 Å². The van der Waals surface area contributed by atoms with Crippen LogP contribution in [0.25, 0.3) is 11.3 Å². The Morgan fingerprint density at radius 1 is 1.10 bits per heavy atom. The number of hydrogen-bond donors (Lipinski definition) is 2. The molecular formula is C22H20ClFN4O3. The van der Waals surface area contributed by atoms with Crippen LogP contribution >= 0.6 is 11.6 Å². The molecule has 0 aliphatic heterocycles. The average Bonchev–Trinajstić information content (AvgIpc) is 2.74. The van der Waals surface area contributed by atoms with E-state index in [1.807, 2.05) is 18.2 Å². The Bertz CT molecular complexity index is 1180. The fraction of sp³-hybridized carbons (Fsp3) is 0.182. The number of nitrogens with zero attached hydrogens (tertiary/aromatic N) is 2. The highest BCUT2D eigenvalue weighted by Crippen LogP contribution is 2.20. The molecule has 3 rings (SSSR count). The Balaban J connectivity index is 1.93. The number of hydrogen-bond acceptors (Lipinski definition) is 4. The van der Waals surface area contributed by atoms with Gasteiger partial charge in [0.15, 0.2) is 0 Å². The molecule has 9 heteroatoms. The van der Waals surface area contributed by atoms with Crippen LogP contribution in [-0.2, 0) is 16.1 Å². The molecule has 31 heavy (non-hydrogen) atoms. The number of carbonyl (C=O) groups excluding carboxylic acids is 2. The van der Waals surface area contributed by atoms with E-state index in [-0.39, 0.29) is 28.2 Å². The maximum atomic E-state index is 13.3. The number of benzene rings is 2. The van der Waals surface area contributed by atoms with Gasteiger partial charge in [-0.1, -0.05) is 55.8 Å². The summed E-state index contributed by atoms with van der Waals surface area (Å²) in [6.07, 6.45) is 0. The Kier molecular flexibility index (Phi) is 6.81. The van der Waals surface area contributed by atoms with Crippen molar-refractivity contribution in [3.63, 3.8) is 0 Å². The highest BCUT2D eigenvalue weighted by atomic mass is 35.5. The molecule has 0 radical (unpaired) electrons. The predicted octanol–water partition coefficient (Wildman–Crippen LogP) is 3.94. The quantitative estimate of drug-likeness (QED) is 0.604. The van der Waals surface area contributed by atoms with Gasteiger partial charge in [0.1, 0.15) is 18.0 Å². The van der Waals surface area contributed by atoms with Crippen LogP contribution in [0.4, 0.5) is 15.8 Å². The molecule has 0 aliphatic carbocycles. The van der Waals surface area contributed by atoms with Gasteiger partial charge in [0.25, 0.3) is 5.56 Å². The first-order valence-corrected chi connectivity index (χ1v) is 9.85. The van der Waals surface area contributed by atoms with Crippen LogP contribution in [0.1, 0.15) is 13.8 Å². The van der Waals surface area contributed by atoms with E-state index in [0.29, 0.717) is 11.3 Å². The van der Waals surface area contributed by atoms with Crippen molar-refractivity contribution in [2.75, 3.05) is 10.6 Å². The van der Waals surface area contributed by atoms with Crippen LogP contribution in [0.15, 0.2) is 59.4 Å². The lowest BCUT2D eigenvalue weighted by Crippen LogP contribution is -2.33. The van der Waals surface area contributed by atoms with Gasteiger partial charge in [-0.15, -0.1) is 0 Å². The number of anilines is 2. The molecule has 0 aliphatic rings. The third kappa shape index (κ3) is 5.55. The molecule has 0 saturated carbocycles. The summed E-state index contributed by atoms with van der Waals surface area (Å²) in [5, 5.41) is 9.27. The van der Waals surface area contributed by atoms with Gasteiger partial charge in [-0.2, -0.15) is 5.10 Å². The zero-order valence-electron chi connectivity index (χ0n) is 16.9. The van der Waals surface area contributed by atoms with Gasteiger partial charge >= 0.3 is 0 Å². The van der Waals surface area contributed by atoms with Crippen molar-refractivity contribution in [2.24, 2.45) is 5.92 Å². The topological polar surface area (TPSA) is 93.1 Å². The summed E-state index contributed by atoms with van der Waals surface area (Å²) in [5.41, 5.74) is 0.794. The highest BCUT2D eigenvalue weighted by molar-refractivity contribution is 6.31. The SMILES string of the molecule is CC(C)C(=O)Nc1cc(-c2ccccc2)nn(CC(=O)Nc2ccc(F)c(Cl)c2)c1=O. The van der Waals surface area contributed by atoms with E-state index in [0.717, 1.165) is 10.7 Å². The van der Waals surface area contributed by atoms with Gasteiger partial charge in [0, 0.05) is 17.2 Å². The van der Waals surface area contributed by atoms with Gasteiger partial charge < -0.3 is 10.6 Å². The van der Waals surface area contributed by atoms with Crippen LogP contribution in [0.3, 0.4) is 0 Å². The number of rotatable bonds is 6. The summed E-state index contributed by atoms with van der Waals surface area (Å²) in [6, 6.07) is 14.3. The van der Waals surface area contributed by atoms with Crippen molar-refractivity contribution in [3.05, 3.63) is 75.8 Å². The van der Waals surface area contributed by atoms with Crippen LogP contribution in [0, 0.1) is 11.7 Å². The molecule has 2 amide bonds. The number of carbonyl (C=O) groups is 2. The molecule has 160 valence electrons. The number of nitrogens with one attached hydrogen (secondary N) is 2. The minimum atomic E-state index is -0.624. The number of amides is 2. The second-order valence-corrected chi connectivity index (χ2v) is 7.50. The van der Waals surface area contributed by atoms with Crippen LogP contribution < -0.4 is 16.2 Å². The third-order valence-corrected chi connectivity index (χ3v) is 4.61. The second kappa shape index (κ2) is 9.53. The van der Waals surface area contributed by atoms with E-state index in [9.17, 15) is 18.8 Å². The minimum Gasteiger partial charge on any atom is -0.324 e. The van der Waals surface area contributed by atoms with E-state index in [1.54, 1.807) is 26.0 Å². The zero-order chi connectivity index (χ0) is 22.5. The summed E-state index contributed by atoms with van der Waals surface area (Å²) in [4.78, 5) is 37.5. The van der Waals surface area contributed by atoms with E-state index in [4.69, 9.17) is 11.6 Å². The maximum Gasteiger partial charge on any atom is 0.291 e. The van der Waals surface area contributed by atoms with Gasteiger partial charge in [0.2, 0.25) is 11.8 Å². The summed E-state index contributed by atoms with van der Waals surface area (Å²) >= 11 is 5.73. The predicted molar refractivity (Wildman–Crippen MR) is 117 cm³/mol. The third-order valence-electron chi connectivity index (χ3n) is 4.32. The molecule has 2 aromatic carbocycles. The molecule has 0 saturated heterocycles. The molecule has 0 spiro atoms. The highest BCUT2D eigenvalue weighted by Gasteiger charge is 2.16. The largest absolute Gasteiger partial charge is 0.324 e. The Morgan fingerprint density at radius 3 is 2.45 bits per heavy atom. The number of halogens is 2. The van der Waals surface area contributed by atoms with Crippen molar-refractivity contribution < 1.29 is 14.0 Å². The van der Waals surface area contributed by atoms with E-state index < -0.39 is 23.8 Å². The molecule has 0 bridgehead atoms. The van der Waals surface area contributed by atoms with Crippen molar-refractivity contribution in [1.29, 1.82) is 0 Å². The molecule has 1 aromatic heterocycles. The lowest BCUT2D eigenvalue weighted by atomic mass is 10.1. The zero-order valence-corrected chi connectivity index (χ0v) is 17.6. The van der Waals surface area contributed by atoms with Crippen LogP contribution in [0.5, 0.6) is 0 Å². The first kappa shape index (κ1) is 22.2. The molecule has 3 aromatic rings. The molecule has 0 atom stereocenters. The Hall–Kier alpha value is -3.52. The summed E-state index contributed by atoms with van der Waals surface area (Å²) in [6.45, 7) is 2.99. The minimum absolute atomic E-state index is 0.0187. The summed E-state index contributed by atoms with van der Waals surface area (Å²) in [5.74, 6) is -1.85. The summed E-state index contributed by atoms with van der Waals surface area (Å²) in [7, 11) is 0. The van der Waals surface area contributed by atoms with Crippen molar-refractivity contribution in [3.8, 4) is 11.3 Å². The second-order valence-electron chi connectivity index (χ2n) is 7.09. The molecule has 2 N–H and O–H groups in total. The van der Waals surface area contributed by atoms with Gasteiger partial charge in [-0.25, -0.2) is 9.07 Å².